The lowest BCUT2D eigenvalue weighted by molar-refractivity contribution is -0.158. The average molecular weight is 184 g/mol. The van der Waals surface area contributed by atoms with Crippen molar-refractivity contribution < 1.29 is 14.3 Å². The van der Waals surface area contributed by atoms with Gasteiger partial charge in [0.15, 0.2) is 0 Å². The Morgan fingerprint density at radius 3 is 3.00 bits per heavy atom. The van der Waals surface area contributed by atoms with E-state index in [-0.39, 0.29) is 17.9 Å². The Kier molecular flexibility index (Phi) is 1.95. The minimum atomic E-state index is -0.776. The molecular weight excluding hydrogens is 172 g/mol. The number of ether oxygens (including phenoxy) is 1. The number of hydrogen-bond donors (Lipinski definition) is 1. The van der Waals surface area contributed by atoms with Crippen molar-refractivity contribution in [1.82, 2.24) is 10.2 Å². The molecule has 2 heterocycles. The van der Waals surface area contributed by atoms with E-state index in [1.165, 1.54) is 7.11 Å². The molecule has 0 aromatic rings. The number of carbonyl (C=O) groups is 2. The summed E-state index contributed by atoms with van der Waals surface area (Å²) in [5.41, 5.74) is 0. The molecule has 0 aliphatic carbocycles. The van der Waals surface area contributed by atoms with Crippen LogP contribution in [0.5, 0.6) is 0 Å². The summed E-state index contributed by atoms with van der Waals surface area (Å²) in [4.78, 5) is 24.6. The summed E-state index contributed by atoms with van der Waals surface area (Å²) in [6.07, 6.45) is 0.899. The van der Waals surface area contributed by atoms with Crippen molar-refractivity contribution in [2.75, 3.05) is 13.7 Å². The van der Waals surface area contributed by atoms with Crippen molar-refractivity contribution in [3.63, 3.8) is 0 Å². The first-order valence-corrected chi connectivity index (χ1v) is 4.37. The van der Waals surface area contributed by atoms with Crippen LogP contribution >= 0.6 is 0 Å². The minimum absolute atomic E-state index is 0.0936. The Morgan fingerprint density at radius 2 is 2.31 bits per heavy atom. The standard InChI is InChI=1S/C8H12N2O3/c1-13-7-8(12)10-4-2-3-5(10)6(11)9-7/h5,7H,2-4H2,1H3,(H,9,11)/t5-,7-/m0/s1. The van der Waals surface area contributed by atoms with Gasteiger partial charge >= 0.3 is 0 Å². The molecule has 0 saturated carbocycles. The SMILES string of the molecule is CO[C@@H]1NC(=O)[C@@H]2CCCN2C1=O. The Morgan fingerprint density at radius 1 is 1.54 bits per heavy atom. The van der Waals surface area contributed by atoms with Crippen molar-refractivity contribution in [3.8, 4) is 0 Å². The van der Waals surface area contributed by atoms with Gasteiger partial charge in [0.1, 0.15) is 6.04 Å². The molecule has 5 heteroatoms. The van der Waals surface area contributed by atoms with Crippen LogP contribution < -0.4 is 5.32 Å². The molecule has 5 nitrogen and oxygen atoms in total. The molecule has 0 unspecified atom stereocenters. The smallest absolute Gasteiger partial charge is 0.273 e. The first kappa shape index (κ1) is 8.50. The molecular formula is C8H12N2O3. The zero-order chi connectivity index (χ0) is 9.42. The Balaban J connectivity index is 2.19. The van der Waals surface area contributed by atoms with Crippen LogP contribution in [0.3, 0.4) is 0 Å². The highest BCUT2D eigenvalue weighted by Crippen LogP contribution is 2.21. The number of nitrogens with zero attached hydrogens (tertiary/aromatic N) is 1. The van der Waals surface area contributed by atoms with Crippen molar-refractivity contribution in [3.05, 3.63) is 0 Å². The van der Waals surface area contributed by atoms with Gasteiger partial charge in [0.25, 0.3) is 5.91 Å². The van der Waals surface area contributed by atoms with Crippen LogP contribution in [0, 0.1) is 0 Å². The highest BCUT2D eigenvalue weighted by molar-refractivity contribution is 5.96. The summed E-state index contributed by atoms with van der Waals surface area (Å²) in [5, 5.41) is 2.53. The third-order valence-corrected chi connectivity index (χ3v) is 2.57. The molecule has 2 amide bonds. The second kappa shape index (κ2) is 2.99. The van der Waals surface area contributed by atoms with Gasteiger partial charge in [-0.2, -0.15) is 0 Å². The van der Waals surface area contributed by atoms with Crippen LogP contribution in [0.1, 0.15) is 12.8 Å². The third kappa shape index (κ3) is 1.19. The highest BCUT2D eigenvalue weighted by atomic mass is 16.5. The number of carbonyl (C=O) groups excluding carboxylic acids is 2. The Labute approximate surface area is 76.0 Å². The molecule has 72 valence electrons. The molecule has 2 atom stereocenters. The summed E-state index contributed by atoms with van der Waals surface area (Å²) in [6.45, 7) is 0.677. The highest BCUT2D eigenvalue weighted by Gasteiger charge is 2.42. The molecule has 2 rings (SSSR count). The van der Waals surface area contributed by atoms with Crippen molar-refractivity contribution in [2.24, 2.45) is 0 Å². The number of methoxy groups -OCH3 is 1. The monoisotopic (exact) mass is 184 g/mol. The average Bonchev–Trinajstić information content (AvgIpc) is 2.60. The fraction of sp³-hybridized carbons (Fsp3) is 0.750. The van der Waals surface area contributed by atoms with Crippen LogP contribution in [0.4, 0.5) is 0 Å². The Bertz CT molecular complexity index is 254. The fourth-order valence-corrected chi connectivity index (χ4v) is 1.90. The number of rotatable bonds is 1. The number of hydrogen-bond acceptors (Lipinski definition) is 3. The van der Waals surface area contributed by atoms with E-state index in [1.807, 2.05) is 0 Å². The van der Waals surface area contributed by atoms with Crippen molar-refractivity contribution in [1.29, 1.82) is 0 Å². The van der Waals surface area contributed by atoms with Crippen LogP contribution in [0.15, 0.2) is 0 Å². The van der Waals surface area contributed by atoms with Crippen molar-refractivity contribution in [2.45, 2.75) is 25.1 Å². The van der Waals surface area contributed by atoms with E-state index in [0.29, 0.717) is 6.54 Å². The molecule has 2 aliphatic rings. The lowest BCUT2D eigenvalue weighted by Gasteiger charge is -2.33. The van der Waals surface area contributed by atoms with Crippen LogP contribution in [0.2, 0.25) is 0 Å². The number of fused-ring (bicyclic) bond motifs is 1. The predicted octanol–water partition coefficient (Wildman–Crippen LogP) is -0.920. The van der Waals surface area contributed by atoms with Gasteiger partial charge in [0.2, 0.25) is 12.1 Å². The topological polar surface area (TPSA) is 58.6 Å². The summed E-state index contributed by atoms with van der Waals surface area (Å²) in [5.74, 6) is -0.214. The molecule has 2 aliphatic heterocycles. The van der Waals surface area contributed by atoms with Crippen LogP contribution in [-0.4, -0.2) is 42.6 Å². The summed E-state index contributed by atoms with van der Waals surface area (Å²) in [6, 6.07) is -0.251. The molecule has 0 aromatic carbocycles. The van der Waals surface area contributed by atoms with Crippen LogP contribution in [0.25, 0.3) is 0 Å². The van der Waals surface area contributed by atoms with Gasteiger partial charge in [-0.1, -0.05) is 0 Å². The largest absolute Gasteiger partial charge is 0.353 e. The van der Waals surface area contributed by atoms with E-state index < -0.39 is 6.23 Å². The molecule has 0 spiro atoms. The van der Waals surface area contributed by atoms with E-state index in [2.05, 4.69) is 5.32 Å². The molecule has 2 fully saturated rings. The summed E-state index contributed by atoms with van der Waals surface area (Å²) >= 11 is 0. The van der Waals surface area contributed by atoms with E-state index in [1.54, 1.807) is 4.90 Å². The predicted molar refractivity (Wildman–Crippen MR) is 43.7 cm³/mol. The second-order valence-electron chi connectivity index (χ2n) is 3.31. The van der Waals surface area contributed by atoms with Gasteiger partial charge in [0, 0.05) is 13.7 Å². The zero-order valence-corrected chi connectivity index (χ0v) is 7.45. The van der Waals surface area contributed by atoms with E-state index in [9.17, 15) is 9.59 Å². The number of nitrogens with one attached hydrogen (secondary N) is 1. The lowest BCUT2D eigenvalue weighted by atomic mass is 10.1. The minimum Gasteiger partial charge on any atom is -0.353 e. The zero-order valence-electron chi connectivity index (χ0n) is 7.45. The second-order valence-corrected chi connectivity index (χ2v) is 3.31. The van der Waals surface area contributed by atoms with E-state index in [4.69, 9.17) is 4.74 Å². The molecule has 0 aromatic heterocycles. The van der Waals surface area contributed by atoms with Gasteiger partial charge in [-0.15, -0.1) is 0 Å². The van der Waals surface area contributed by atoms with E-state index >= 15 is 0 Å². The molecule has 13 heavy (non-hydrogen) atoms. The normalized spacial score (nSPS) is 33.2. The Hall–Kier alpha value is -1.10. The molecule has 1 N–H and O–H groups in total. The van der Waals surface area contributed by atoms with Crippen LogP contribution in [-0.2, 0) is 14.3 Å². The first-order valence-electron chi connectivity index (χ1n) is 4.37. The fourth-order valence-electron chi connectivity index (χ4n) is 1.90. The maximum Gasteiger partial charge on any atom is 0.273 e. The quantitative estimate of drug-likeness (QED) is 0.573. The maximum absolute atomic E-state index is 11.6. The van der Waals surface area contributed by atoms with E-state index in [0.717, 1.165) is 12.8 Å². The van der Waals surface area contributed by atoms with Gasteiger partial charge in [-0.3, -0.25) is 9.59 Å². The molecule has 0 radical (unpaired) electrons. The van der Waals surface area contributed by atoms with Gasteiger partial charge in [-0.05, 0) is 12.8 Å². The molecule has 2 saturated heterocycles. The first-order chi connectivity index (χ1) is 6.24. The van der Waals surface area contributed by atoms with Gasteiger partial charge < -0.3 is 15.0 Å². The number of amides is 2. The van der Waals surface area contributed by atoms with Crippen molar-refractivity contribution >= 4 is 11.8 Å². The van der Waals surface area contributed by atoms with Gasteiger partial charge in [0.05, 0.1) is 0 Å². The maximum atomic E-state index is 11.6. The lowest BCUT2D eigenvalue weighted by Crippen LogP contribution is -2.61. The number of piperazine rings is 1. The summed E-state index contributed by atoms with van der Waals surface area (Å²) in [7, 11) is 1.42. The van der Waals surface area contributed by atoms with Gasteiger partial charge in [-0.25, -0.2) is 0 Å². The molecule has 0 bridgehead atoms. The summed E-state index contributed by atoms with van der Waals surface area (Å²) < 4.78 is 4.86. The third-order valence-electron chi connectivity index (χ3n) is 2.57.